The number of benzene rings is 1. The van der Waals surface area contributed by atoms with Gasteiger partial charge in [-0.05, 0) is 78.4 Å². The number of halogens is 5. The maximum absolute atomic E-state index is 14.0. The van der Waals surface area contributed by atoms with E-state index in [4.69, 9.17) is 11.6 Å². The molecule has 1 spiro atoms. The summed E-state index contributed by atoms with van der Waals surface area (Å²) in [6.45, 7) is 0.265. The molecule has 16 heteroatoms. The Balaban J connectivity index is 1.38. The van der Waals surface area contributed by atoms with Crippen molar-refractivity contribution in [3.63, 3.8) is 0 Å². The highest BCUT2D eigenvalue weighted by molar-refractivity contribution is 9.10. The molecule has 4 aromatic rings. The Kier molecular flexibility index (Phi) is 7.64. The van der Waals surface area contributed by atoms with E-state index in [0.29, 0.717) is 49.9 Å². The van der Waals surface area contributed by atoms with Crippen LogP contribution in [0.2, 0.25) is 5.02 Å². The number of amides is 2. The predicted octanol–water partition coefficient (Wildman–Crippen LogP) is 4.58. The minimum Gasteiger partial charge on any atom is -0.505 e. The van der Waals surface area contributed by atoms with Gasteiger partial charge < -0.3 is 19.9 Å². The lowest BCUT2D eigenvalue weighted by molar-refractivity contribution is -0.137. The number of nitrogens with one attached hydrogen (secondary N) is 1. The second-order valence-electron chi connectivity index (χ2n) is 10.9. The van der Waals surface area contributed by atoms with E-state index in [0.717, 1.165) is 22.7 Å². The summed E-state index contributed by atoms with van der Waals surface area (Å²) in [7, 11) is 0. The first kappa shape index (κ1) is 30.1. The molecule has 11 nitrogen and oxygen atoms in total. The lowest BCUT2D eigenvalue weighted by Crippen LogP contribution is -2.53. The lowest BCUT2D eigenvalue weighted by atomic mass is 9.67. The predicted molar refractivity (Wildman–Crippen MR) is 156 cm³/mol. The number of carbonyl (C=O) groups excluding carboxylic acids is 2. The first-order valence-corrected chi connectivity index (χ1v) is 14.8. The van der Waals surface area contributed by atoms with E-state index in [1.54, 1.807) is 9.47 Å². The molecular formula is C28H24BrClF3N7O4. The SMILES string of the molecule is O=C(Cn1c2c(c(=O)n3nc(Br)nc13)C1(CCC2)CCCN(C(=O)c2ncccc2O)C1)Nc1ccc(C(F)(F)F)cc1Cl. The number of carbonyl (C=O) groups is 2. The number of pyridine rings is 1. The van der Waals surface area contributed by atoms with Crippen molar-refractivity contribution in [1.82, 2.24) is 29.0 Å². The molecule has 1 unspecified atom stereocenters. The normalized spacial score (nSPS) is 18.4. The number of alkyl halides is 3. The Bertz CT molecular complexity index is 1880. The zero-order valence-corrected chi connectivity index (χ0v) is 25.2. The van der Waals surface area contributed by atoms with Gasteiger partial charge in [-0.15, -0.1) is 5.10 Å². The Hall–Kier alpha value is -3.98. The number of anilines is 1. The first-order valence-electron chi connectivity index (χ1n) is 13.7. The molecule has 1 atom stereocenters. The fourth-order valence-electron chi connectivity index (χ4n) is 6.30. The highest BCUT2D eigenvalue weighted by Gasteiger charge is 2.45. The first-order chi connectivity index (χ1) is 20.9. The van der Waals surface area contributed by atoms with E-state index < -0.39 is 34.5 Å². The van der Waals surface area contributed by atoms with Crippen LogP contribution in [0.4, 0.5) is 18.9 Å². The van der Waals surface area contributed by atoms with Gasteiger partial charge >= 0.3 is 6.18 Å². The number of aromatic hydroxyl groups is 1. The monoisotopic (exact) mass is 693 g/mol. The number of rotatable bonds is 4. The molecule has 3 aromatic heterocycles. The molecule has 0 bridgehead atoms. The highest BCUT2D eigenvalue weighted by atomic mass is 79.9. The lowest BCUT2D eigenvalue weighted by Gasteiger charge is -2.46. The van der Waals surface area contributed by atoms with E-state index in [2.05, 4.69) is 36.3 Å². The standard InChI is InChI=1S/C28H24BrClF3N7O4/c29-25-36-26-39(13-20(42)35-17-7-6-15(12-16(17)30)28(31,32)33)18-4-1-8-27(21(18)23(43)40(26)37-25)9-3-11-38(14-27)24(44)22-19(41)5-2-10-34-22/h2,5-7,10,12,41H,1,3-4,8-9,11,13-14H2,(H,35,42). The van der Waals surface area contributed by atoms with Gasteiger partial charge in [0.15, 0.2) is 5.69 Å². The summed E-state index contributed by atoms with van der Waals surface area (Å²) in [6.07, 6.45) is -0.295. The fourth-order valence-corrected chi connectivity index (χ4v) is 6.85. The number of hydrogen-bond acceptors (Lipinski definition) is 7. The van der Waals surface area contributed by atoms with Crippen LogP contribution >= 0.6 is 27.5 Å². The molecule has 2 aliphatic rings. The summed E-state index contributed by atoms with van der Waals surface area (Å²) in [4.78, 5) is 50.7. The van der Waals surface area contributed by atoms with Gasteiger partial charge in [-0.3, -0.25) is 14.4 Å². The third kappa shape index (κ3) is 5.31. The van der Waals surface area contributed by atoms with Gasteiger partial charge in [0.2, 0.25) is 16.4 Å². The van der Waals surface area contributed by atoms with Crippen molar-refractivity contribution in [3.8, 4) is 5.75 Å². The molecule has 1 aliphatic heterocycles. The van der Waals surface area contributed by atoms with Crippen molar-refractivity contribution in [2.75, 3.05) is 18.4 Å². The molecule has 230 valence electrons. The van der Waals surface area contributed by atoms with E-state index in [-0.39, 0.29) is 45.8 Å². The average molecular weight is 695 g/mol. The number of aromatic nitrogens is 5. The number of hydrogen-bond donors (Lipinski definition) is 2. The van der Waals surface area contributed by atoms with Gasteiger partial charge in [0, 0.05) is 36.0 Å². The van der Waals surface area contributed by atoms with E-state index in [1.807, 2.05) is 0 Å². The third-order valence-electron chi connectivity index (χ3n) is 8.15. The largest absolute Gasteiger partial charge is 0.505 e. The van der Waals surface area contributed by atoms with E-state index in [1.165, 1.54) is 18.3 Å². The summed E-state index contributed by atoms with van der Waals surface area (Å²) in [5, 5.41) is 16.7. The van der Waals surface area contributed by atoms with E-state index in [9.17, 15) is 32.7 Å². The Morgan fingerprint density at radius 2 is 1.95 bits per heavy atom. The minimum absolute atomic E-state index is 0.00562. The van der Waals surface area contributed by atoms with Crippen LogP contribution in [-0.4, -0.2) is 59.1 Å². The molecule has 44 heavy (non-hydrogen) atoms. The van der Waals surface area contributed by atoms with Crippen molar-refractivity contribution in [2.24, 2.45) is 0 Å². The molecule has 6 rings (SSSR count). The van der Waals surface area contributed by atoms with Crippen LogP contribution in [0.15, 0.2) is 46.1 Å². The Morgan fingerprint density at radius 1 is 1.18 bits per heavy atom. The third-order valence-corrected chi connectivity index (χ3v) is 8.80. The number of fused-ring (bicyclic) bond motifs is 3. The van der Waals surface area contributed by atoms with Crippen LogP contribution in [0.25, 0.3) is 5.78 Å². The Morgan fingerprint density at radius 3 is 2.68 bits per heavy atom. The second kappa shape index (κ2) is 11.2. The smallest absolute Gasteiger partial charge is 0.416 e. The van der Waals surface area contributed by atoms with Crippen molar-refractivity contribution < 1.29 is 27.9 Å². The maximum atomic E-state index is 14.0. The molecule has 1 aliphatic carbocycles. The van der Waals surface area contributed by atoms with Crippen LogP contribution < -0.4 is 10.9 Å². The van der Waals surface area contributed by atoms with Gasteiger partial charge in [0.1, 0.15) is 12.3 Å². The molecule has 1 aromatic carbocycles. The van der Waals surface area contributed by atoms with Gasteiger partial charge in [-0.2, -0.15) is 22.7 Å². The molecule has 4 heterocycles. The van der Waals surface area contributed by atoms with Gasteiger partial charge in [-0.1, -0.05) is 11.6 Å². The van der Waals surface area contributed by atoms with Crippen molar-refractivity contribution in [2.45, 2.75) is 50.2 Å². The highest BCUT2D eigenvalue weighted by Crippen LogP contribution is 2.43. The number of likely N-dealkylation sites (tertiary alicyclic amines) is 1. The van der Waals surface area contributed by atoms with Crippen LogP contribution in [0.1, 0.15) is 53.0 Å². The molecular weight excluding hydrogens is 671 g/mol. The summed E-state index contributed by atoms with van der Waals surface area (Å²) in [5.41, 5.74) is -1.21. The average Bonchev–Trinajstić information content (AvgIpc) is 3.37. The maximum Gasteiger partial charge on any atom is 0.416 e. The van der Waals surface area contributed by atoms with E-state index >= 15 is 0 Å². The Labute approximate surface area is 260 Å². The molecule has 2 N–H and O–H groups in total. The molecule has 1 fully saturated rings. The number of piperidine rings is 1. The van der Waals surface area contributed by atoms with Crippen molar-refractivity contribution in [1.29, 1.82) is 0 Å². The van der Waals surface area contributed by atoms with Crippen LogP contribution in [-0.2, 0) is 29.4 Å². The number of nitrogens with zero attached hydrogens (tertiary/aromatic N) is 6. The van der Waals surface area contributed by atoms with Crippen LogP contribution in [0.5, 0.6) is 5.75 Å². The summed E-state index contributed by atoms with van der Waals surface area (Å²) in [5.74, 6) is -1.19. The summed E-state index contributed by atoms with van der Waals surface area (Å²) in [6, 6.07) is 5.54. The van der Waals surface area contributed by atoms with Crippen LogP contribution in [0.3, 0.4) is 0 Å². The molecule has 2 amide bonds. The zero-order valence-electron chi connectivity index (χ0n) is 22.9. The summed E-state index contributed by atoms with van der Waals surface area (Å²) < 4.78 is 42.1. The molecule has 1 saturated heterocycles. The van der Waals surface area contributed by atoms with Crippen molar-refractivity contribution in [3.05, 3.63) is 79.2 Å². The second-order valence-corrected chi connectivity index (χ2v) is 12.0. The molecule has 0 saturated carbocycles. The van der Waals surface area contributed by atoms with Gasteiger partial charge in [0.05, 0.1) is 16.3 Å². The summed E-state index contributed by atoms with van der Waals surface area (Å²) >= 11 is 9.27. The fraction of sp³-hybridized carbons (Fsp3) is 0.357. The van der Waals surface area contributed by atoms with Crippen molar-refractivity contribution >= 4 is 50.8 Å². The molecule has 0 radical (unpaired) electrons. The minimum atomic E-state index is -4.60. The zero-order chi connectivity index (χ0) is 31.4. The van der Waals surface area contributed by atoms with Gasteiger partial charge in [0.25, 0.3) is 11.5 Å². The quantitative estimate of drug-likeness (QED) is 0.320. The topological polar surface area (TPSA) is 135 Å². The van der Waals surface area contributed by atoms with Crippen LogP contribution in [0, 0.1) is 0 Å². The van der Waals surface area contributed by atoms with Gasteiger partial charge in [-0.25, -0.2) is 4.98 Å².